The number of rotatable bonds is 3. The van der Waals surface area contributed by atoms with Crippen LogP contribution < -0.4 is 5.32 Å². The van der Waals surface area contributed by atoms with E-state index < -0.39 is 11.9 Å². The van der Waals surface area contributed by atoms with Crippen molar-refractivity contribution in [2.24, 2.45) is 13.0 Å². The standard InChI is InChI=1S/C14H20N4O3/c1-8-9(7-16-17(8)2)6-15-14(21)18-10-3-4-12(18)11(5-10)13(19)20/h7,10-12H,3-6H2,1-2H3,(H,15,21)(H,19,20). The van der Waals surface area contributed by atoms with Gasteiger partial charge in [-0.3, -0.25) is 9.48 Å². The number of hydrogen-bond donors (Lipinski definition) is 2. The number of aryl methyl sites for hydroxylation is 1. The van der Waals surface area contributed by atoms with Gasteiger partial charge in [0.1, 0.15) is 0 Å². The van der Waals surface area contributed by atoms with Gasteiger partial charge >= 0.3 is 12.0 Å². The molecule has 2 aliphatic heterocycles. The maximum Gasteiger partial charge on any atom is 0.318 e. The average Bonchev–Trinajstić information content (AvgIpc) is 3.11. The fourth-order valence-corrected chi connectivity index (χ4v) is 3.55. The lowest BCUT2D eigenvalue weighted by Crippen LogP contribution is -2.44. The van der Waals surface area contributed by atoms with Crippen molar-refractivity contribution >= 4 is 12.0 Å². The normalized spacial score (nSPS) is 27.1. The molecule has 0 aliphatic carbocycles. The van der Waals surface area contributed by atoms with E-state index in [1.54, 1.807) is 15.8 Å². The Bertz CT molecular complexity index is 583. The van der Waals surface area contributed by atoms with E-state index in [9.17, 15) is 14.7 Å². The van der Waals surface area contributed by atoms with Gasteiger partial charge in [0.2, 0.25) is 0 Å². The van der Waals surface area contributed by atoms with Crippen molar-refractivity contribution in [3.05, 3.63) is 17.5 Å². The highest BCUT2D eigenvalue weighted by Crippen LogP contribution is 2.41. The van der Waals surface area contributed by atoms with Crippen LogP contribution in [0.3, 0.4) is 0 Å². The number of carboxylic acids is 1. The molecule has 0 aromatic carbocycles. The molecule has 3 atom stereocenters. The lowest BCUT2D eigenvalue weighted by atomic mass is 9.89. The molecule has 2 N–H and O–H groups in total. The molecule has 0 saturated carbocycles. The van der Waals surface area contributed by atoms with Gasteiger partial charge in [0.15, 0.2) is 0 Å². The number of carboxylic acid groups (broad SMARTS) is 1. The van der Waals surface area contributed by atoms with E-state index >= 15 is 0 Å². The number of aromatic nitrogens is 2. The summed E-state index contributed by atoms with van der Waals surface area (Å²) in [7, 11) is 1.86. The highest BCUT2D eigenvalue weighted by molar-refractivity contribution is 5.79. The van der Waals surface area contributed by atoms with E-state index in [0.29, 0.717) is 13.0 Å². The van der Waals surface area contributed by atoms with Gasteiger partial charge in [0, 0.05) is 36.9 Å². The maximum absolute atomic E-state index is 12.4. The summed E-state index contributed by atoms with van der Waals surface area (Å²) in [6.45, 7) is 2.38. The topological polar surface area (TPSA) is 87.5 Å². The summed E-state index contributed by atoms with van der Waals surface area (Å²) in [4.78, 5) is 25.3. The third kappa shape index (κ3) is 2.26. The predicted molar refractivity (Wildman–Crippen MR) is 74.6 cm³/mol. The first kappa shape index (κ1) is 13.9. The zero-order valence-electron chi connectivity index (χ0n) is 12.2. The van der Waals surface area contributed by atoms with Gasteiger partial charge in [0.25, 0.3) is 0 Å². The number of nitrogens with one attached hydrogen (secondary N) is 1. The Morgan fingerprint density at radius 2 is 2.24 bits per heavy atom. The van der Waals surface area contributed by atoms with Crippen LogP contribution in [0.25, 0.3) is 0 Å². The monoisotopic (exact) mass is 292 g/mol. The highest BCUT2D eigenvalue weighted by atomic mass is 16.4. The minimum absolute atomic E-state index is 0.0751. The quantitative estimate of drug-likeness (QED) is 0.865. The van der Waals surface area contributed by atoms with E-state index in [2.05, 4.69) is 10.4 Å². The molecule has 7 heteroatoms. The molecule has 21 heavy (non-hydrogen) atoms. The first-order valence-electron chi connectivity index (χ1n) is 7.25. The first-order chi connectivity index (χ1) is 9.99. The Morgan fingerprint density at radius 3 is 2.81 bits per heavy atom. The summed E-state index contributed by atoms with van der Waals surface area (Å²) in [5.41, 5.74) is 2.00. The van der Waals surface area contributed by atoms with Gasteiger partial charge in [-0.25, -0.2) is 4.79 Å². The second kappa shape index (κ2) is 5.05. The molecule has 1 aromatic rings. The van der Waals surface area contributed by atoms with Crippen molar-refractivity contribution in [3.63, 3.8) is 0 Å². The van der Waals surface area contributed by atoms with Gasteiger partial charge in [-0.1, -0.05) is 0 Å². The summed E-state index contributed by atoms with van der Waals surface area (Å²) in [6, 6.07) is -0.233. The SMILES string of the molecule is Cc1c(CNC(=O)N2C3CCC2C(C(=O)O)C3)cnn1C. The predicted octanol–water partition coefficient (Wildman–Crippen LogP) is 0.876. The van der Waals surface area contributed by atoms with E-state index in [1.807, 2.05) is 14.0 Å². The number of amides is 2. The van der Waals surface area contributed by atoms with E-state index in [-0.39, 0.29) is 18.1 Å². The molecule has 0 radical (unpaired) electrons. The molecule has 2 aliphatic rings. The Morgan fingerprint density at radius 1 is 1.48 bits per heavy atom. The molecule has 3 rings (SSSR count). The number of nitrogens with zero attached hydrogens (tertiary/aromatic N) is 3. The van der Waals surface area contributed by atoms with Crippen LogP contribution in [0.4, 0.5) is 4.79 Å². The summed E-state index contributed by atoms with van der Waals surface area (Å²) in [5, 5.41) is 16.3. The molecule has 114 valence electrons. The lowest BCUT2D eigenvalue weighted by molar-refractivity contribution is -0.142. The van der Waals surface area contributed by atoms with Crippen molar-refractivity contribution < 1.29 is 14.7 Å². The Labute approximate surface area is 122 Å². The summed E-state index contributed by atoms with van der Waals surface area (Å²) >= 11 is 0. The Kier molecular flexibility index (Phi) is 3.35. The molecule has 2 saturated heterocycles. The number of carbonyl (C=O) groups is 2. The fourth-order valence-electron chi connectivity index (χ4n) is 3.55. The minimum Gasteiger partial charge on any atom is -0.481 e. The third-order valence-electron chi connectivity index (χ3n) is 4.86. The van der Waals surface area contributed by atoms with Crippen LogP contribution in [0.2, 0.25) is 0 Å². The van der Waals surface area contributed by atoms with Gasteiger partial charge in [-0.15, -0.1) is 0 Å². The molecule has 2 bridgehead atoms. The number of carbonyl (C=O) groups excluding carboxylic acids is 1. The third-order valence-corrected chi connectivity index (χ3v) is 4.86. The van der Waals surface area contributed by atoms with Gasteiger partial charge in [0.05, 0.1) is 12.1 Å². The second-order valence-electron chi connectivity index (χ2n) is 5.92. The molecule has 2 amide bonds. The van der Waals surface area contributed by atoms with Crippen LogP contribution in [0.1, 0.15) is 30.5 Å². The van der Waals surface area contributed by atoms with Crippen LogP contribution >= 0.6 is 0 Å². The summed E-state index contributed by atoms with van der Waals surface area (Å²) in [5.74, 6) is -1.20. The Hall–Kier alpha value is -2.05. The minimum atomic E-state index is -0.789. The number of urea groups is 1. The molecule has 7 nitrogen and oxygen atoms in total. The zero-order valence-corrected chi connectivity index (χ0v) is 12.2. The maximum atomic E-state index is 12.4. The van der Waals surface area contributed by atoms with E-state index in [0.717, 1.165) is 24.1 Å². The van der Waals surface area contributed by atoms with Gasteiger partial charge in [-0.05, 0) is 26.2 Å². The van der Waals surface area contributed by atoms with Crippen LogP contribution in [0.15, 0.2) is 6.20 Å². The molecule has 3 heterocycles. The van der Waals surface area contributed by atoms with Crippen molar-refractivity contribution in [3.8, 4) is 0 Å². The van der Waals surface area contributed by atoms with Crippen molar-refractivity contribution in [1.82, 2.24) is 20.0 Å². The van der Waals surface area contributed by atoms with Crippen LogP contribution in [0.5, 0.6) is 0 Å². The average molecular weight is 292 g/mol. The van der Waals surface area contributed by atoms with Crippen molar-refractivity contribution in [2.75, 3.05) is 0 Å². The largest absolute Gasteiger partial charge is 0.481 e. The molecule has 1 aromatic heterocycles. The number of hydrogen-bond acceptors (Lipinski definition) is 3. The zero-order chi connectivity index (χ0) is 15.1. The second-order valence-corrected chi connectivity index (χ2v) is 5.92. The van der Waals surface area contributed by atoms with E-state index in [1.165, 1.54) is 0 Å². The smallest absolute Gasteiger partial charge is 0.318 e. The number of fused-ring (bicyclic) bond motifs is 2. The van der Waals surface area contributed by atoms with Crippen LogP contribution in [-0.2, 0) is 18.4 Å². The lowest BCUT2D eigenvalue weighted by Gasteiger charge is -2.23. The Balaban J connectivity index is 1.64. The molecule has 3 unspecified atom stereocenters. The van der Waals surface area contributed by atoms with E-state index in [4.69, 9.17) is 0 Å². The molecular formula is C14H20N4O3. The molecular weight excluding hydrogens is 272 g/mol. The highest BCUT2D eigenvalue weighted by Gasteiger charge is 2.51. The first-order valence-corrected chi connectivity index (χ1v) is 7.25. The molecule has 2 fully saturated rings. The van der Waals surface area contributed by atoms with Gasteiger partial charge in [-0.2, -0.15) is 5.10 Å². The summed E-state index contributed by atoms with van der Waals surface area (Å²) in [6.07, 6.45) is 4.03. The van der Waals surface area contributed by atoms with Gasteiger partial charge < -0.3 is 15.3 Å². The molecule has 0 spiro atoms. The fraction of sp³-hybridized carbons (Fsp3) is 0.643. The van der Waals surface area contributed by atoms with Crippen LogP contribution in [0, 0.1) is 12.8 Å². The number of aliphatic carboxylic acids is 1. The van der Waals surface area contributed by atoms with Crippen molar-refractivity contribution in [1.29, 1.82) is 0 Å². The van der Waals surface area contributed by atoms with Crippen molar-refractivity contribution in [2.45, 2.75) is 44.8 Å². The summed E-state index contributed by atoms with van der Waals surface area (Å²) < 4.78 is 1.77. The van der Waals surface area contributed by atoms with Crippen LogP contribution in [-0.4, -0.2) is 43.9 Å².